The molecule has 1 aromatic heterocycles. The van der Waals surface area contributed by atoms with Gasteiger partial charge in [0.2, 0.25) is 0 Å². The minimum Gasteiger partial charge on any atom is -0.507 e. The summed E-state index contributed by atoms with van der Waals surface area (Å²) < 4.78 is 5.79. The molecule has 0 radical (unpaired) electrons. The molecule has 1 amide bonds. The Morgan fingerprint density at radius 2 is 1.94 bits per heavy atom. The number of benzene rings is 1. The summed E-state index contributed by atoms with van der Waals surface area (Å²) in [5.74, 6) is -0.758. The van der Waals surface area contributed by atoms with Gasteiger partial charge in [-0.05, 0) is 69.3 Å². The Morgan fingerprint density at radius 1 is 1.21 bits per heavy atom. The average molecular weight is 452 g/mol. The Morgan fingerprint density at radius 3 is 2.52 bits per heavy atom. The van der Waals surface area contributed by atoms with Crippen molar-refractivity contribution in [1.29, 1.82) is 0 Å². The molecule has 1 atom stereocenters. The summed E-state index contributed by atoms with van der Waals surface area (Å²) in [5, 5.41) is 11.2. The molecule has 1 aliphatic rings. The number of hydrogen-bond donors (Lipinski definition) is 1. The highest BCUT2D eigenvalue weighted by atomic mass is 16.5. The first-order chi connectivity index (χ1) is 15.8. The van der Waals surface area contributed by atoms with Crippen LogP contribution in [0.4, 0.5) is 0 Å². The molecule has 2 aromatic rings. The van der Waals surface area contributed by atoms with E-state index in [0.717, 1.165) is 18.7 Å². The second-order valence-electron chi connectivity index (χ2n) is 8.45. The molecule has 7 heteroatoms. The fourth-order valence-electron chi connectivity index (χ4n) is 4.12. The molecule has 176 valence electrons. The quantitative estimate of drug-likeness (QED) is 0.353. The molecule has 1 fully saturated rings. The van der Waals surface area contributed by atoms with E-state index in [0.29, 0.717) is 30.0 Å². The van der Waals surface area contributed by atoms with Gasteiger partial charge < -0.3 is 19.6 Å². The number of likely N-dealkylation sites (N-methyl/N-ethyl adjacent to an activating group) is 1. The molecule has 1 aliphatic heterocycles. The van der Waals surface area contributed by atoms with Gasteiger partial charge in [-0.25, -0.2) is 0 Å². The smallest absolute Gasteiger partial charge is 0.295 e. The normalized spacial score (nSPS) is 17.9. The van der Waals surface area contributed by atoms with Crippen molar-refractivity contribution in [2.45, 2.75) is 46.8 Å². The van der Waals surface area contributed by atoms with Crippen LogP contribution in [-0.2, 0) is 9.59 Å². The lowest BCUT2D eigenvalue weighted by molar-refractivity contribution is -0.140. The second-order valence-corrected chi connectivity index (χ2v) is 8.45. The summed E-state index contributed by atoms with van der Waals surface area (Å²) in [6, 6.07) is 8.16. The molecule has 33 heavy (non-hydrogen) atoms. The van der Waals surface area contributed by atoms with Gasteiger partial charge in [-0.2, -0.15) is 0 Å². The number of aliphatic hydroxyl groups is 1. The molecule has 0 aliphatic carbocycles. The van der Waals surface area contributed by atoms with Gasteiger partial charge in [-0.1, -0.05) is 19.9 Å². The topological polar surface area (TPSA) is 83.0 Å². The zero-order valence-corrected chi connectivity index (χ0v) is 20.0. The zero-order valence-electron chi connectivity index (χ0n) is 20.0. The van der Waals surface area contributed by atoms with Crippen molar-refractivity contribution in [2.24, 2.45) is 0 Å². The summed E-state index contributed by atoms with van der Waals surface area (Å²) in [4.78, 5) is 34.1. The van der Waals surface area contributed by atoms with E-state index in [9.17, 15) is 14.7 Å². The number of carbonyl (C=O) groups excluding carboxylic acids is 2. The van der Waals surface area contributed by atoms with Crippen LogP contribution in [0.15, 0.2) is 48.3 Å². The van der Waals surface area contributed by atoms with Crippen LogP contribution in [0.1, 0.15) is 50.4 Å². The first kappa shape index (κ1) is 24.5. The van der Waals surface area contributed by atoms with E-state index in [-0.39, 0.29) is 17.4 Å². The Bertz CT molecular complexity index is 1030. The highest BCUT2D eigenvalue weighted by molar-refractivity contribution is 6.46. The molecule has 1 saturated heterocycles. The average Bonchev–Trinajstić information content (AvgIpc) is 3.06. The van der Waals surface area contributed by atoms with Gasteiger partial charge in [-0.15, -0.1) is 0 Å². The van der Waals surface area contributed by atoms with Crippen LogP contribution in [0.2, 0.25) is 0 Å². The fourth-order valence-corrected chi connectivity index (χ4v) is 4.12. The van der Waals surface area contributed by atoms with E-state index in [1.54, 1.807) is 41.6 Å². The van der Waals surface area contributed by atoms with Crippen LogP contribution < -0.4 is 4.74 Å². The molecule has 1 unspecified atom stereocenters. The van der Waals surface area contributed by atoms with Crippen molar-refractivity contribution in [3.8, 4) is 5.75 Å². The maximum Gasteiger partial charge on any atom is 0.295 e. The number of pyridine rings is 1. The van der Waals surface area contributed by atoms with Gasteiger partial charge in [0.1, 0.15) is 11.5 Å². The molecule has 1 aromatic carbocycles. The summed E-state index contributed by atoms with van der Waals surface area (Å²) >= 11 is 0. The van der Waals surface area contributed by atoms with Gasteiger partial charge in [0.15, 0.2) is 0 Å². The molecule has 0 saturated carbocycles. The third-order valence-corrected chi connectivity index (χ3v) is 5.90. The Kier molecular flexibility index (Phi) is 7.87. The van der Waals surface area contributed by atoms with E-state index >= 15 is 0 Å². The van der Waals surface area contributed by atoms with E-state index in [4.69, 9.17) is 4.74 Å². The minimum absolute atomic E-state index is 0.0184. The maximum atomic E-state index is 13.1. The SMILES string of the molecule is CCN(CC)CCN1C(=O)C(=O)/C(=C(\O)c2ccc(OC(C)C)c(C)c2)C1c1cccnc1. The standard InChI is InChI=1S/C26H33N3O4/c1-6-28(7-2)13-14-29-23(20-9-8-12-27-16-20)22(25(31)26(29)32)24(30)19-10-11-21(18(5)15-19)33-17(3)4/h8-12,15-17,23,30H,6-7,13-14H2,1-5H3/b24-22-. The molecule has 7 nitrogen and oxygen atoms in total. The predicted molar refractivity (Wildman–Crippen MR) is 128 cm³/mol. The number of amides is 1. The molecular weight excluding hydrogens is 418 g/mol. The maximum absolute atomic E-state index is 13.1. The number of ether oxygens (including phenoxy) is 1. The number of likely N-dealkylation sites (tertiary alicyclic amines) is 1. The first-order valence-electron chi connectivity index (χ1n) is 11.5. The molecular formula is C26H33N3O4. The number of aryl methyl sites for hydroxylation is 1. The van der Waals surface area contributed by atoms with Gasteiger partial charge in [0.25, 0.3) is 11.7 Å². The number of aliphatic hydroxyl groups excluding tert-OH is 1. The lowest BCUT2D eigenvalue weighted by atomic mass is 9.95. The number of aromatic nitrogens is 1. The van der Waals surface area contributed by atoms with Crippen LogP contribution in [0.25, 0.3) is 5.76 Å². The van der Waals surface area contributed by atoms with Crippen molar-refractivity contribution >= 4 is 17.4 Å². The van der Waals surface area contributed by atoms with Crippen LogP contribution in [-0.4, -0.2) is 63.9 Å². The van der Waals surface area contributed by atoms with Crippen LogP contribution in [0.5, 0.6) is 5.75 Å². The van der Waals surface area contributed by atoms with Crippen molar-refractivity contribution in [1.82, 2.24) is 14.8 Å². The molecule has 2 heterocycles. The highest BCUT2D eigenvalue weighted by Gasteiger charge is 2.46. The number of ketones is 1. The Hall–Kier alpha value is -3.19. The number of hydrogen-bond acceptors (Lipinski definition) is 6. The van der Waals surface area contributed by atoms with Gasteiger partial charge in [0, 0.05) is 31.0 Å². The molecule has 0 spiro atoms. The number of carbonyl (C=O) groups is 2. The molecule has 1 N–H and O–H groups in total. The van der Waals surface area contributed by atoms with Crippen molar-refractivity contribution in [3.05, 3.63) is 65.0 Å². The summed E-state index contributed by atoms with van der Waals surface area (Å²) in [6.45, 7) is 12.6. The second kappa shape index (κ2) is 10.6. The largest absolute Gasteiger partial charge is 0.507 e. The predicted octanol–water partition coefficient (Wildman–Crippen LogP) is 3.94. The van der Waals surface area contributed by atoms with Crippen LogP contribution in [0, 0.1) is 6.92 Å². The van der Waals surface area contributed by atoms with Crippen LogP contribution >= 0.6 is 0 Å². The Balaban J connectivity index is 2.06. The third kappa shape index (κ3) is 5.25. The monoisotopic (exact) mass is 451 g/mol. The van der Waals surface area contributed by atoms with Crippen molar-refractivity contribution in [2.75, 3.05) is 26.2 Å². The number of Topliss-reactive ketones (excluding diaryl/α,β-unsaturated/α-hetero) is 1. The van der Waals surface area contributed by atoms with E-state index in [2.05, 4.69) is 23.7 Å². The summed E-state index contributed by atoms with van der Waals surface area (Å²) in [7, 11) is 0. The van der Waals surface area contributed by atoms with Crippen LogP contribution in [0.3, 0.4) is 0 Å². The lowest BCUT2D eigenvalue weighted by Crippen LogP contribution is -2.38. The molecule has 0 bridgehead atoms. The zero-order chi connectivity index (χ0) is 24.1. The lowest BCUT2D eigenvalue weighted by Gasteiger charge is -2.28. The van der Waals surface area contributed by atoms with E-state index in [1.165, 1.54) is 0 Å². The third-order valence-electron chi connectivity index (χ3n) is 5.90. The van der Waals surface area contributed by atoms with E-state index in [1.807, 2.05) is 26.8 Å². The fraction of sp³-hybridized carbons (Fsp3) is 0.423. The molecule has 3 rings (SSSR count). The van der Waals surface area contributed by atoms with Gasteiger partial charge in [-0.3, -0.25) is 14.6 Å². The summed E-state index contributed by atoms with van der Waals surface area (Å²) in [5.41, 5.74) is 2.08. The summed E-state index contributed by atoms with van der Waals surface area (Å²) in [6.07, 6.45) is 3.30. The highest BCUT2D eigenvalue weighted by Crippen LogP contribution is 2.39. The number of rotatable bonds is 9. The minimum atomic E-state index is -0.693. The Labute approximate surface area is 195 Å². The van der Waals surface area contributed by atoms with Gasteiger partial charge >= 0.3 is 0 Å². The first-order valence-corrected chi connectivity index (χ1v) is 11.5. The number of nitrogens with zero attached hydrogens (tertiary/aromatic N) is 3. The van der Waals surface area contributed by atoms with E-state index < -0.39 is 17.7 Å². The van der Waals surface area contributed by atoms with Crippen molar-refractivity contribution in [3.63, 3.8) is 0 Å². The van der Waals surface area contributed by atoms with Gasteiger partial charge in [0.05, 0.1) is 17.7 Å². The van der Waals surface area contributed by atoms with Crippen molar-refractivity contribution < 1.29 is 19.4 Å².